The molecular weight excluding hydrogens is 791 g/mol. The molecule has 1 amide bonds. The number of nitrogens with one attached hydrogen (secondary N) is 1. The van der Waals surface area contributed by atoms with Crippen molar-refractivity contribution in [2.24, 2.45) is 0 Å². The molecular formula is C58H105NO5. The second-order valence-electron chi connectivity index (χ2n) is 18.5. The summed E-state index contributed by atoms with van der Waals surface area (Å²) in [5.74, 6) is -0.0864. The Hall–Kier alpha value is -2.44. The Bertz CT molecular complexity index is 1130. The molecule has 372 valence electrons. The lowest BCUT2D eigenvalue weighted by atomic mass is 10.0. The van der Waals surface area contributed by atoms with Crippen molar-refractivity contribution in [3.63, 3.8) is 0 Å². The van der Waals surface area contributed by atoms with Crippen molar-refractivity contribution >= 4 is 11.9 Å². The van der Waals surface area contributed by atoms with E-state index in [1.54, 1.807) is 6.08 Å². The number of hydrogen-bond donors (Lipinski definition) is 3. The second kappa shape index (κ2) is 53.2. The summed E-state index contributed by atoms with van der Waals surface area (Å²) in [5, 5.41) is 22.9. The fourth-order valence-electron chi connectivity index (χ4n) is 7.99. The normalized spacial score (nSPS) is 13.1. The molecule has 2 atom stereocenters. The van der Waals surface area contributed by atoms with E-state index in [0.717, 1.165) is 64.2 Å². The van der Waals surface area contributed by atoms with Crippen molar-refractivity contribution in [1.29, 1.82) is 0 Å². The molecule has 0 fully saturated rings. The van der Waals surface area contributed by atoms with E-state index in [4.69, 9.17) is 4.74 Å². The summed E-state index contributed by atoms with van der Waals surface area (Å²) in [6, 6.07) is -0.631. The van der Waals surface area contributed by atoms with Gasteiger partial charge >= 0.3 is 5.97 Å². The van der Waals surface area contributed by atoms with Crippen molar-refractivity contribution in [3.8, 4) is 0 Å². The van der Waals surface area contributed by atoms with Gasteiger partial charge in [0.2, 0.25) is 5.91 Å². The van der Waals surface area contributed by atoms with Gasteiger partial charge in [0.25, 0.3) is 0 Å². The van der Waals surface area contributed by atoms with E-state index in [0.29, 0.717) is 19.4 Å². The third-order valence-electron chi connectivity index (χ3n) is 12.2. The highest BCUT2D eigenvalue weighted by Gasteiger charge is 2.18. The molecule has 6 heteroatoms. The maximum Gasteiger partial charge on any atom is 0.305 e. The van der Waals surface area contributed by atoms with E-state index in [-0.39, 0.29) is 18.5 Å². The summed E-state index contributed by atoms with van der Waals surface area (Å²) in [6.45, 7) is 4.79. The molecule has 0 spiro atoms. The number of allylic oxidation sites excluding steroid dienone is 9. The van der Waals surface area contributed by atoms with E-state index in [1.165, 1.54) is 180 Å². The molecule has 0 rings (SSSR count). The maximum absolute atomic E-state index is 12.4. The van der Waals surface area contributed by atoms with Gasteiger partial charge in [-0.05, 0) is 89.9 Å². The zero-order chi connectivity index (χ0) is 46.5. The first-order chi connectivity index (χ1) is 31.5. The fraction of sp³-hybridized carbons (Fsp3) is 0.793. The van der Waals surface area contributed by atoms with Gasteiger partial charge in [-0.1, -0.05) is 229 Å². The van der Waals surface area contributed by atoms with E-state index in [1.807, 2.05) is 6.08 Å². The van der Waals surface area contributed by atoms with Crippen LogP contribution in [0.2, 0.25) is 0 Å². The SMILES string of the molecule is CCC/C=C\C/C=C\CCCCCCCC(=O)OCCCCCCCCCCC/C=C\C/C=C\CCCCCCCCCCCC(=O)NC(CO)C(O)/C=C/CCCCCCCCC. The molecule has 2 unspecified atom stereocenters. The lowest BCUT2D eigenvalue weighted by Crippen LogP contribution is -2.45. The number of ether oxygens (including phenoxy) is 1. The summed E-state index contributed by atoms with van der Waals surface area (Å²) < 4.78 is 5.45. The van der Waals surface area contributed by atoms with Gasteiger partial charge in [-0.15, -0.1) is 0 Å². The fourth-order valence-corrected chi connectivity index (χ4v) is 7.99. The highest BCUT2D eigenvalue weighted by Crippen LogP contribution is 2.15. The number of hydrogen-bond acceptors (Lipinski definition) is 5. The van der Waals surface area contributed by atoms with Gasteiger partial charge in [-0.2, -0.15) is 0 Å². The molecule has 6 nitrogen and oxygen atoms in total. The highest BCUT2D eigenvalue weighted by molar-refractivity contribution is 5.76. The Morgan fingerprint density at radius 2 is 0.812 bits per heavy atom. The van der Waals surface area contributed by atoms with Gasteiger partial charge in [0.1, 0.15) is 0 Å². The lowest BCUT2D eigenvalue weighted by molar-refractivity contribution is -0.143. The van der Waals surface area contributed by atoms with E-state index >= 15 is 0 Å². The molecule has 0 aliphatic heterocycles. The summed E-state index contributed by atoms with van der Waals surface area (Å²) in [4.78, 5) is 24.4. The van der Waals surface area contributed by atoms with Crippen LogP contribution in [0.3, 0.4) is 0 Å². The quantitative estimate of drug-likeness (QED) is 0.0321. The van der Waals surface area contributed by atoms with E-state index < -0.39 is 12.1 Å². The van der Waals surface area contributed by atoms with Crippen molar-refractivity contribution in [1.82, 2.24) is 5.32 Å². The smallest absolute Gasteiger partial charge is 0.305 e. The second-order valence-corrected chi connectivity index (χ2v) is 18.5. The van der Waals surface area contributed by atoms with Crippen LogP contribution in [0.15, 0.2) is 60.8 Å². The number of aliphatic hydroxyl groups excluding tert-OH is 2. The lowest BCUT2D eigenvalue weighted by Gasteiger charge is -2.20. The van der Waals surface area contributed by atoms with Gasteiger partial charge in [0.15, 0.2) is 0 Å². The molecule has 0 aromatic rings. The average molecular weight is 896 g/mol. The predicted molar refractivity (Wildman–Crippen MR) is 278 cm³/mol. The minimum absolute atomic E-state index is 0.00804. The van der Waals surface area contributed by atoms with Crippen LogP contribution in [-0.4, -0.2) is 47.4 Å². The molecule has 0 aliphatic carbocycles. The molecule has 0 aromatic carbocycles. The van der Waals surface area contributed by atoms with Crippen molar-refractivity contribution in [2.45, 2.75) is 283 Å². The van der Waals surface area contributed by atoms with Gasteiger partial charge in [0, 0.05) is 12.8 Å². The van der Waals surface area contributed by atoms with E-state index in [2.05, 4.69) is 67.8 Å². The summed E-state index contributed by atoms with van der Waals surface area (Å²) in [5.41, 5.74) is 0. The van der Waals surface area contributed by atoms with Crippen LogP contribution in [-0.2, 0) is 14.3 Å². The van der Waals surface area contributed by atoms with Crippen LogP contribution in [0, 0.1) is 0 Å². The van der Waals surface area contributed by atoms with Gasteiger partial charge in [-0.25, -0.2) is 0 Å². The molecule has 0 bridgehead atoms. The number of esters is 1. The van der Waals surface area contributed by atoms with Crippen LogP contribution in [0.4, 0.5) is 0 Å². The largest absolute Gasteiger partial charge is 0.466 e. The third-order valence-corrected chi connectivity index (χ3v) is 12.2. The molecule has 0 aliphatic rings. The zero-order valence-electron chi connectivity index (χ0n) is 42.2. The van der Waals surface area contributed by atoms with Crippen LogP contribution in [0.1, 0.15) is 271 Å². The number of carbonyl (C=O) groups excluding carboxylic acids is 2. The topological polar surface area (TPSA) is 95.9 Å². The van der Waals surface area contributed by atoms with Crippen molar-refractivity contribution in [3.05, 3.63) is 60.8 Å². The standard InChI is InChI=1S/C58H105NO5/c1-3-5-7-9-11-13-14-28-32-36-40-44-48-52-58(63)64-53-49-45-41-37-33-30-27-25-23-21-19-17-15-16-18-20-22-24-26-29-31-35-39-43-47-51-57(62)59-55(54-60)56(61)50-46-42-38-34-12-10-8-6-4-2/h7,9,13-14,16-19,46,50,55-56,60-61H,3-6,8,10-12,15,20-45,47-49,51-54H2,1-2H3,(H,59,62)/b9-7-,14-13-,18-16-,19-17-,50-46+. The van der Waals surface area contributed by atoms with E-state index in [9.17, 15) is 19.8 Å². The zero-order valence-corrected chi connectivity index (χ0v) is 42.2. The van der Waals surface area contributed by atoms with Gasteiger partial charge < -0.3 is 20.3 Å². The Kier molecular flexibility index (Phi) is 51.2. The van der Waals surface area contributed by atoms with Gasteiger partial charge in [-0.3, -0.25) is 9.59 Å². The monoisotopic (exact) mass is 896 g/mol. The summed E-state index contributed by atoms with van der Waals surface area (Å²) >= 11 is 0. The predicted octanol–water partition coefficient (Wildman–Crippen LogP) is 16.8. The molecule has 0 heterocycles. The molecule has 0 radical (unpaired) electrons. The van der Waals surface area contributed by atoms with Crippen LogP contribution in [0.25, 0.3) is 0 Å². The first-order valence-electron chi connectivity index (χ1n) is 27.6. The van der Waals surface area contributed by atoms with Gasteiger partial charge in [0.05, 0.1) is 25.4 Å². The van der Waals surface area contributed by atoms with Crippen LogP contribution in [0.5, 0.6) is 0 Å². The Morgan fingerprint density at radius 3 is 1.25 bits per heavy atom. The Morgan fingerprint density at radius 1 is 0.438 bits per heavy atom. The molecule has 3 N–H and O–H groups in total. The minimum Gasteiger partial charge on any atom is -0.466 e. The molecule has 0 saturated heterocycles. The van der Waals surface area contributed by atoms with Crippen LogP contribution >= 0.6 is 0 Å². The number of aliphatic hydroxyl groups is 2. The maximum atomic E-state index is 12.4. The average Bonchev–Trinajstić information content (AvgIpc) is 3.29. The van der Waals surface area contributed by atoms with Crippen molar-refractivity contribution < 1.29 is 24.5 Å². The Balaban J connectivity index is 3.45. The number of rotatable bonds is 50. The third kappa shape index (κ3) is 49.0. The highest BCUT2D eigenvalue weighted by atomic mass is 16.5. The first kappa shape index (κ1) is 61.6. The summed E-state index contributed by atoms with van der Waals surface area (Å²) in [6.07, 6.45) is 68.2. The molecule has 0 saturated carbocycles. The number of unbranched alkanes of at least 4 members (excludes halogenated alkanes) is 31. The number of amides is 1. The van der Waals surface area contributed by atoms with Crippen molar-refractivity contribution in [2.75, 3.05) is 13.2 Å². The Labute approximate surface area is 397 Å². The summed E-state index contributed by atoms with van der Waals surface area (Å²) in [7, 11) is 0. The first-order valence-corrected chi connectivity index (χ1v) is 27.6. The molecule has 64 heavy (non-hydrogen) atoms. The molecule has 0 aromatic heterocycles. The van der Waals surface area contributed by atoms with Crippen LogP contribution < -0.4 is 5.32 Å². The number of carbonyl (C=O) groups is 2. The minimum atomic E-state index is -0.847.